The zero-order valence-electron chi connectivity index (χ0n) is 15.0. The number of anilines is 2. The monoisotopic (exact) mass is 401 g/mol. The maximum Gasteiger partial charge on any atom is 0.257 e. The fourth-order valence-corrected chi connectivity index (χ4v) is 3.30. The van der Waals surface area contributed by atoms with Gasteiger partial charge in [0.25, 0.3) is 5.91 Å². The lowest BCUT2D eigenvalue weighted by Gasteiger charge is -2.06. The summed E-state index contributed by atoms with van der Waals surface area (Å²) in [6.07, 6.45) is 2.30. The van der Waals surface area contributed by atoms with Gasteiger partial charge in [-0.05, 0) is 35.9 Å². The third-order valence-corrected chi connectivity index (χ3v) is 4.78. The van der Waals surface area contributed by atoms with Gasteiger partial charge in [-0.3, -0.25) is 14.9 Å². The summed E-state index contributed by atoms with van der Waals surface area (Å²) in [7, 11) is 0. The molecule has 2 amide bonds. The summed E-state index contributed by atoms with van der Waals surface area (Å²) in [6.45, 7) is 1.74. The lowest BCUT2D eigenvalue weighted by molar-refractivity contribution is -0.115. The minimum Gasteiger partial charge on any atom is -0.326 e. The highest BCUT2D eigenvalue weighted by Gasteiger charge is 2.11. The van der Waals surface area contributed by atoms with Crippen LogP contribution in [-0.2, 0) is 11.2 Å². The molecule has 2 N–H and O–H groups in total. The molecule has 5 nitrogen and oxygen atoms in total. The van der Waals surface area contributed by atoms with E-state index in [0.717, 1.165) is 17.0 Å². The number of aromatic nitrogens is 1. The van der Waals surface area contributed by atoms with Gasteiger partial charge in [-0.15, -0.1) is 11.3 Å². The predicted octanol–water partition coefficient (Wildman–Crippen LogP) is 4.61. The Morgan fingerprint density at radius 2 is 1.89 bits per heavy atom. The van der Waals surface area contributed by atoms with Gasteiger partial charge < -0.3 is 5.32 Å². The normalized spacial score (nSPS) is 10.5. The summed E-state index contributed by atoms with van der Waals surface area (Å²) in [5.41, 5.74) is 1.53. The Hall–Kier alpha value is -3.13. The molecule has 1 aromatic heterocycles. The Morgan fingerprint density at radius 3 is 2.64 bits per heavy atom. The molecule has 3 aromatic rings. The van der Waals surface area contributed by atoms with Crippen LogP contribution in [0.3, 0.4) is 0 Å². The number of benzene rings is 2. The van der Waals surface area contributed by atoms with E-state index in [-0.39, 0.29) is 11.8 Å². The van der Waals surface area contributed by atoms with Crippen molar-refractivity contribution < 1.29 is 18.4 Å². The number of nitrogens with one attached hydrogen (secondary N) is 2. The Balaban J connectivity index is 1.66. The van der Waals surface area contributed by atoms with E-state index >= 15 is 0 Å². The summed E-state index contributed by atoms with van der Waals surface area (Å²) in [6, 6.07) is 10.3. The van der Waals surface area contributed by atoms with Gasteiger partial charge in [0.2, 0.25) is 5.91 Å². The summed E-state index contributed by atoms with van der Waals surface area (Å²) < 4.78 is 26.3. The van der Waals surface area contributed by atoms with E-state index in [1.165, 1.54) is 17.4 Å². The first-order valence-electron chi connectivity index (χ1n) is 8.54. The number of hydrogen-bond acceptors (Lipinski definition) is 4. The van der Waals surface area contributed by atoms with Crippen LogP contribution in [0.25, 0.3) is 0 Å². The highest BCUT2D eigenvalue weighted by atomic mass is 32.1. The van der Waals surface area contributed by atoms with E-state index in [2.05, 4.69) is 15.6 Å². The number of thiazole rings is 1. The van der Waals surface area contributed by atoms with Crippen molar-refractivity contribution in [2.75, 3.05) is 10.6 Å². The molecule has 144 valence electrons. The first-order valence-corrected chi connectivity index (χ1v) is 9.36. The van der Waals surface area contributed by atoms with Crippen LogP contribution >= 0.6 is 11.3 Å². The van der Waals surface area contributed by atoms with Crippen molar-refractivity contribution in [2.45, 2.75) is 19.8 Å². The van der Waals surface area contributed by atoms with E-state index in [1.807, 2.05) is 0 Å². The van der Waals surface area contributed by atoms with Crippen LogP contribution in [0.1, 0.15) is 34.1 Å². The molecule has 28 heavy (non-hydrogen) atoms. The molecule has 8 heteroatoms. The largest absolute Gasteiger partial charge is 0.326 e. The molecular formula is C20H17F2N3O2S. The number of nitrogens with zero attached hydrogens (tertiary/aromatic N) is 1. The van der Waals surface area contributed by atoms with Crippen LogP contribution in [0.15, 0.2) is 48.7 Å². The van der Waals surface area contributed by atoms with Crippen LogP contribution in [-0.4, -0.2) is 16.8 Å². The highest BCUT2D eigenvalue weighted by Crippen LogP contribution is 2.23. The molecule has 3 rings (SSSR count). The topological polar surface area (TPSA) is 71.1 Å². The SMILES string of the molecule is CCC(=O)Nc1cccc(C(=O)Nc2ncc(Cc3ccc(F)c(F)c3)s2)c1. The second kappa shape index (κ2) is 8.71. The number of carbonyl (C=O) groups is 2. The molecule has 0 fully saturated rings. The molecule has 0 aliphatic carbocycles. The third-order valence-electron chi connectivity index (χ3n) is 3.87. The van der Waals surface area contributed by atoms with Crippen LogP contribution in [0.4, 0.5) is 19.6 Å². The summed E-state index contributed by atoms with van der Waals surface area (Å²) in [5.74, 6) is -2.29. The lowest BCUT2D eigenvalue weighted by atomic mass is 10.1. The van der Waals surface area contributed by atoms with Gasteiger partial charge in [0.05, 0.1) is 0 Å². The second-order valence-electron chi connectivity index (χ2n) is 5.99. The zero-order valence-corrected chi connectivity index (χ0v) is 15.8. The van der Waals surface area contributed by atoms with E-state index in [9.17, 15) is 18.4 Å². The average molecular weight is 401 g/mol. The predicted molar refractivity (Wildman–Crippen MR) is 105 cm³/mol. The molecule has 0 spiro atoms. The molecule has 0 atom stereocenters. The first kappa shape index (κ1) is 19.6. The van der Waals surface area contributed by atoms with Crippen LogP contribution in [0.2, 0.25) is 0 Å². The maximum atomic E-state index is 13.3. The van der Waals surface area contributed by atoms with Gasteiger partial charge in [-0.1, -0.05) is 19.1 Å². The molecule has 0 saturated heterocycles. The number of halogens is 2. The average Bonchev–Trinajstić information content (AvgIpc) is 3.11. The summed E-state index contributed by atoms with van der Waals surface area (Å²) in [5, 5.41) is 5.80. The standard InChI is InChI=1S/C20H17F2N3O2S/c1-2-18(26)24-14-5-3-4-13(10-14)19(27)25-20-23-11-15(28-20)8-12-6-7-16(21)17(22)9-12/h3-7,9-11H,2,8H2,1H3,(H,24,26)(H,23,25,27). The van der Waals surface area contributed by atoms with Crippen LogP contribution < -0.4 is 10.6 Å². The van der Waals surface area contributed by atoms with Crippen molar-refractivity contribution in [3.8, 4) is 0 Å². The van der Waals surface area contributed by atoms with Gasteiger partial charge in [0.15, 0.2) is 16.8 Å². The van der Waals surface area contributed by atoms with Crippen molar-refractivity contribution in [1.82, 2.24) is 4.98 Å². The van der Waals surface area contributed by atoms with Gasteiger partial charge in [-0.25, -0.2) is 13.8 Å². The molecule has 1 heterocycles. The third kappa shape index (κ3) is 4.98. The van der Waals surface area contributed by atoms with Crippen molar-refractivity contribution in [3.05, 3.63) is 76.3 Å². The van der Waals surface area contributed by atoms with Gasteiger partial charge >= 0.3 is 0 Å². The fraction of sp³-hybridized carbons (Fsp3) is 0.150. The summed E-state index contributed by atoms with van der Waals surface area (Å²) in [4.78, 5) is 28.9. The molecular weight excluding hydrogens is 384 g/mol. The molecule has 0 saturated carbocycles. The molecule has 0 aliphatic rings. The minimum atomic E-state index is -0.898. The van der Waals surface area contributed by atoms with Crippen molar-refractivity contribution in [2.24, 2.45) is 0 Å². The first-order chi connectivity index (χ1) is 13.4. The Morgan fingerprint density at radius 1 is 1.07 bits per heavy atom. The number of rotatable bonds is 6. The van der Waals surface area contributed by atoms with Gasteiger partial charge in [0, 0.05) is 35.2 Å². The van der Waals surface area contributed by atoms with Crippen molar-refractivity contribution >= 4 is 34.0 Å². The quantitative estimate of drug-likeness (QED) is 0.634. The lowest BCUT2D eigenvalue weighted by Crippen LogP contribution is -2.13. The molecule has 0 aliphatic heterocycles. The number of amides is 2. The summed E-state index contributed by atoms with van der Waals surface area (Å²) >= 11 is 1.25. The van der Waals surface area contributed by atoms with Crippen LogP contribution in [0, 0.1) is 11.6 Å². The second-order valence-corrected chi connectivity index (χ2v) is 7.11. The maximum absolute atomic E-state index is 13.3. The minimum absolute atomic E-state index is 0.139. The Labute approximate surface area is 164 Å². The van der Waals surface area contributed by atoms with Gasteiger partial charge in [-0.2, -0.15) is 0 Å². The Kier molecular flexibility index (Phi) is 6.10. The number of carbonyl (C=O) groups excluding carboxylic acids is 2. The van der Waals surface area contributed by atoms with E-state index in [0.29, 0.717) is 34.8 Å². The zero-order chi connectivity index (χ0) is 20.1. The van der Waals surface area contributed by atoms with E-state index in [4.69, 9.17) is 0 Å². The smallest absolute Gasteiger partial charge is 0.257 e. The molecule has 0 unspecified atom stereocenters. The Bertz CT molecular complexity index is 1020. The molecule has 2 aromatic carbocycles. The number of hydrogen-bond donors (Lipinski definition) is 2. The molecule has 0 radical (unpaired) electrons. The molecule has 0 bridgehead atoms. The van der Waals surface area contributed by atoms with E-state index in [1.54, 1.807) is 37.4 Å². The van der Waals surface area contributed by atoms with Crippen molar-refractivity contribution in [1.29, 1.82) is 0 Å². The highest BCUT2D eigenvalue weighted by molar-refractivity contribution is 7.15. The van der Waals surface area contributed by atoms with E-state index < -0.39 is 11.6 Å². The van der Waals surface area contributed by atoms with Crippen molar-refractivity contribution in [3.63, 3.8) is 0 Å². The fourth-order valence-electron chi connectivity index (χ4n) is 2.45. The van der Waals surface area contributed by atoms with Crippen LogP contribution in [0.5, 0.6) is 0 Å². The van der Waals surface area contributed by atoms with Gasteiger partial charge in [0.1, 0.15) is 0 Å².